The van der Waals surface area contributed by atoms with Gasteiger partial charge in [-0.3, -0.25) is 0 Å². The Hall–Kier alpha value is -0.0800. The lowest BCUT2D eigenvalue weighted by atomic mass is 9.76. The first-order valence-corrected chi connectivity index (χ1v) is 8.63. The van der Waals surface area contributed by atoms with Crippen molar-refractivity contribution in [3.8, 4) is 0 Å². The van der Waals surface area contributed by atoms with Crippen LogP contribution < -0.4 is 5.32 Å². The molecule has 0 heterocycles. The first-order valence-electron chi connectivity index (χ1n) is 8.63. The minimum atomic E-state index is 0.765. The highest BCUT2D eigenvalue weighted by molar-refractivity contribution is 4.85. The van der Waals surface area contributed by atoms with E-state index in [0.29, 0.717) is 0 Å². The Balaban J connectivity index is 2.39. The number of hydrogen-bond acceptors (Lipinski definition) is 2. The molecule has 0 aliphatic heterocycles. The molecule has 1 saturated carbocycles. The molecule has 2 heteroatoms. The Morgan fingerprint density at radius 2 is 1.89 bits per heavy atom. The van der Waals surface area contributed by atoms with E-state index in [1.54, 1.807) is 0 Å². The Kier molecular flexibility index (Phi) is 8.72. The van der Waals surface area contributed by atoms with Gasteiger partial charge in [0.15, 0.2) is 0 Å². The summed E-state index contributed by atoms with van der Waals surface area (Å²) in [6.45, 7) is 10.6. The number of rotatable bonds is 9. The smallest absolute Gasteiger partial charge is 0.0108 e. The average Bonchev–Trinajstić information content (AvgIpc) is 2.41. The van der Waals surface area contributed by atoms with Crippen LogP contribution in [0.3, 0.4) is 0 Å². The quantitative estimate of drug-likeness (QED) is 0.638. The van der Waals surface area contributed by atoms with Crippen LogP contribution in [0.1, 0.15) is 65.7 Å². The molecule has 0 aromatic carbocycles. The molecule has 1 rings (SSSR count). The van der Waals surface area contributed by atoms with Gasteiger partial charge < -0.3 is 10.2 Å². The van der Waals surface area contributed by atoms with Crippen LogP contribution in [-0.2, 0) is 0 Å². The summed E-state index contributed by atoms with van der Waals surface area (Å²) in [6.07, 6.45) is 9.70. The van der Waals surface area contributed by atoms with E-state index >= 15 is 0 Å². The molecule has 0 amide bonds. The van der Waals surface area contributed by atoms with Gasteiger partial charge in [0.25, 0.3) is 0 Å². The van der Waals surface area contributed by atoms with E-state index in [4.69, 9.17) is 0 Å². The highest BCUT2D eigenvalue weighted by atomic mass is 15.1. The summed E-state index contributed by atoms with van der Waals surface area (Å²) in [6, 6.07) is 0.765. The van der Waals surface area contributed by atoms with Gasteiger partial charge in [0, 0.05) is 12.6 Å². The topological polar surface area (TPSA) is 15.3 Å². The molecule has 114 valence electrons. The predicted octanol–water partition coefficient (Wildman–Crippen LogP) is 3.91. The zero-order chi connectivity index (χ0) is 14.1. The van der Waals surface area contributed by atoms with E-state index in [1.807, 2.05) is 0 Å². The van der Waals surface area contributed by atoms with E-state index in [9.17, 15) is 0 Å². The van der Waals surface area contributed by atoms with Crippen LogP contribution in [0.5, 0.6) is 0 Å². The second kappa shape index (κ2) is 9.77. The van der Waals surface area contributed by atoms with Crippen molar-refractivity contribution in [3.05, 3.63) is 0 Å². The van der Waals surface area contributed by atoms with Crippen molar-refractivity contribution in [2.45, 2.75) is 71.8 Å². The van der Waals surface area contributed by atoms with Gasteiger partial charge in [-0.15, -0.1) is 0 Å². The Morgan fingerprint density at radius 1 is 1.11 bits per heavy atom. The number of unbranched alkanes of at least 4 members (excludes halogenated alkanes) is 2. The molecule has 2 nitrogen and oxygen atoms in total. The maximum Gasteiger partial charge on any atom is 0.0108 e. The normalized spacial score (nSPS) is 27.9. The molecule has 0 aromatic heterocycles. The maximum atomic E-state index is 3.73. The zero-order valence-electron chi connectivity index (χ0n) is 13.8. The molecule has 0 bridgehead atoms. The third kappa shape index (κ3) is 6.27. The number of nitrogens with zero attached hydrogens (tertiary/aromatic N) is 1. The van der Waals surface area contributed by atoms with Gasteiger partial charge in [0.05, 0.1) is 0 Å². The highest BCUT2D eigenvalue weighted by Gasteiger charge is 2.29. The van der Waals surface area contributed by atoms with Crippen LogP contribution in [0, 0.1) is 11.8 Å². The first-order chi connectivity index (χ1) is 9.21. The summed E-state index contributed by atoms with van der Waals surface area (Å²) in [5.41, 5.74) is 0. The Morgan fingerprint density at radius 3 is 2.53 bits per heavy atom. The summed E-state index contributed by atoms with van der Waals surface area (Å²) in [5, 5.41) is 3.73. The summed E-state index contributed by atoms with van der Waals surface area (Å²) in [7, 11) is 2.31. The molecule has 1 N–H and O–H groups in total. The van der Waals surface area contributed by atoms with Crippen LogP contribution in [-0.4, -0.2) is 37.6 Å². The van der Waals surface area contributed by atoms with E-state index in [0.717, 1.165) is 24.4 Å². The van der Waals surface area contributed by atoms with E-state index in [2.05, 4.69) is 38.0 Å². The van der Waals surface area contributed by atoms with Gasteiger partial charge >= 0.3 is 0 Å². The lowest BCUT2D eigenvalue weighted by Gasteiger charge is -2.38. The second-order valence-electron chi connectivity index (χ2n) is 6.48. The third-order valence-corrected chi connectivity index (χ3v) is 4.82. The summed E-state index contributed by atoms with van der Waals surface area (Å²) in [5.74, 6) is 1.84. The largest absolute Gasteiger partial charge is 0.314 e. The van der Waals surface area contributed by atoms with Crippen LogP contribution in [0.2, 0.25) is 0 Å². The zero-order valence-corrected chi connectivity index (χ0v) is 13.8. The summed E-state index contributed by atoms with van der Waals surface area (Å²) >= 11 is 0. The maximum absolute atomic E-state index is 3.73. The highest BCUT2D eigenvalue weighted by Crippen LogP contribution is 2.31. The predicted molar refractivity (Wildman–Crippen MR) is 85.6 cm³/mol. The Labute approximate surface area is 121 Å². The molecular formula is C17H36N2. The minimum Gasteiger partial charge on any atom is -0.314 e. The van der Waals surface area contributed by atoms with E-state index < -0.39 is 0 Å². The number of nitrogens with one attached hydrogen (secondary N) is 1. The molecule has 3 unspecified atom stereocenters. The molecule has 0 aromatic rings. The van der Waals surface area contributed by atoms with Crippen molar-refractivity contribution >= 4 is 0 Å². The van der Waals surface area contributed by atoms with Crippen LogP contribution in [0.4, 0.5) is 0 Å². The summed E-state index contributed by atoms with van der Waals surface area (Å²) < 4.78 is 0. The van der Waals surface area contributed by atoms with E-state index in [1.165, 1.54) is 58.0 Å². The molecule has 0 radical (unpaired) electrons. The van der Waals surface area contributed by atoms with Crippen molar-refractivity contribution in [3.63, 3.8) is 0 Å². The monoisotopic (exact) mass is 268 g/mol. The lowest BCUT2D eigenvalue weighted by molar-refractivity contribution is 0.152. The van der Waals surface area contributed by atoms with E-state index in [-0.39, 0.29) is 0 Å². The summed E-state index contributed by atoms with van der Waals surface area (Å²) in [4.78, 5) is 2.57. The number of hydrogen-bond donors (Lipinski definition) is 1. The fourth-order valence-corrected chi connectivity index (χ4v) is 3.59. The van der Waals surface area contributed by atoms with Gasteiger partial charge in [-0.2, -0.15) is 0 Å². The fourth-order valence-electron chi connectivity index (χ4n) is 3.59. The molecule has 3 atom stereocenters. The van der Waals surface area contributed by atoms with Crippen LogP contribution in [0.15, 0.2) is 0 Å². The minimum absolute atomic E-state index is 0.765. The molecule has 19 heavy (non-hydrogen) atoms. The van der Waals surface area contributed by atoms with Crippen LogP contribution in [0.25, 0.3) is 0 Å². The van der Waals surface area contributed by atoms with Gasteiger partial charge in [-0.25, -0.2) is 0 Å². The molecule has 1 aliphatic rings. The molecular weight excluding hydrogens is 232 g/mol. The fraction of sp³-hybridized carbons (Fsp3) is 1.00. The molecule has 0 spiro atoms. The average molecular weight is 268 g/mol. The molecule has 0 saturated heterocycles. The van der Waals surface area contributed by atoms with Crippen molar-refractivity contribution in [2.75, 3.05) is 26.7 Å². The van der Waals surface area contributed by atoms with Gasteiger partial charge in [-0.05, 0) is 57.7 Å². The lowest BCUT2D eigenvalue weighted by Crippen LogP contribution is -2.45. The first kappa shape index (κ1) is 17.0. The Bertz CT molecular complexity index is 217. The van der Waals surface area contributed by atoms with Gasteiger partial charge in [-0.1, -0.05) is 40.0 Å². The standard InChI is InChI=1S/C17H36N2/c1-5-8-9-12-19(4)14-16-13-15(6-2)10-11-17(16)18-7-3/h15-18H,5-14H2,1-4H3. The van der Waals surface area contributed by atoms with Gasteiger partial charge in [0.1, 0.15) is 0 Å². The van der Waals surface area contributed by atoms with Crippen molar-refractivity contribution in [1.82, 2.24) is 10.2 Å². The van der Waals surface area contributed by atoms with Crippen molar-refractivity contribution < 1.29 is 0 Å². The van der Waals surface area contributed by atoms with Crippen molar-refractivity contribution in [2.24, 2.45) is 11.8 Å². The SMILES string of the molecule is CCCCCN(C)CC1CC(CC)CCC1NCC. The third-order valence-electron chi connectivity index (χ3n) is 4.82. The van der Waals surface area contributed by atoms with Crippen LogP contribution >= 0.6 is 0 Å². The molecule has 1 aliphatic carbocycles. The second-order valence-corrected chi connectivity index (χ2v) is 6.48. The van der Waals surface area contributed by atoms with Gasteiger partial charge in [0.2, 0.25) is 0 Å². The van der Waals surface area contributed by atoms with Crippen molar-refractivity contribution in [1.29, 1.82) is 0 Å². The molecule has 1 fully saturated rings.